The third-order valence-corrected chi connectivity index (χ3v) is 8.44. The van der Waals surface area contributed by atoms with Crippen molar-refractivity contribution in [2.24, 2.45) is 5.11 Å². The first-order valence-electron chi connectivity index (χ1n) is 16.5. The Morgan fingerprint density at radius 2 is 1.72 bits per heavy atom. The van der Waals surface area contributed by atoms with Gasteiger partial charge in [0.1, 0.15) is 34.3 Å². The second-order valence-corrected chi connectivity index (χ2v) is 12.2. The summed E-state index contributed by atoms with van der Waals surface area (Å²) in [4.78, 5) is 39.8. The molecule has 3 aromatic carbocycles. The molecular weight excluding hydrogens is 716 g/mol. The Balaban J connectivity index is 1.19. The number of benzene rings is 3. The minimum Gasteiger partial charge on any atom is -0.508 e. The number of anilines is 1. The van der Waals surface area contributed by atoms with Gasteiger partial charge in [-0.25, -0.2) is 4.79 Å². The van der Waals surface area contributed by atoms with Gasteiger partial charge in [-0.1, -0.05) is 24.0 Å². The Bertz CT molecular complexity index is 2140. The highest BCUT2D eigenvalue weighted by Gasteiger charge is 2.47. The largest absolute Gasteiger partial charge is 0.508 e. The Labute approximate surface area is 304 Å². The molecule has 5 rings (SSSR count). The van der Waals surface area contributed by atoms with Gasteiger partial charge in [-0.3, -0.25) is 14.9 Å². The lowest BCUT2D eigenvalue weighted by atomic mass is 9.99. The maximum absolute atomic E-state index is 13.7. The summed E-state index contributed by atoms with van der Waals surface area (Å²) in [6.07, 6.45) is -6.29. The third kappa shape index (κ3) is 8.76. The van der Waals surface area contributed by atoms with Crippen LogP contribution in [-0.2, 0) is 9.47 Å². The molecule has 1 aliphatic heterocycles. The average Bonchev–Trinajstić information content (AvgIpc) is 3.12. The van der Waals surface area contributed by atoms with E-state index in [0.717, 1.165) is 24.3 Å². The van der Waals surface area contributed by atoms with Gasteiger partial charge in [-0.2, -0.15) is 0 Å². The molecule has 2 heterocycles. The van der Waals surface area contributed by atoms with E-state index in [2.05, 4.69) is 20.7 Å². The normalized spacial score (nSPS) is 19.4. The van der Waals surface area contributed by atoms with E-state index in [1.165, 1.54) is 31.2 Å². The number of amides is 1. The monoisotopic (exact) mass is 752 g/mol. The van der Waals surface area contributed by atoms with Gasteiger partial charge >= 0.3 is 6.09 Å². The van der Waals surface area contributed by atoms with Gasteiger partial charge in [-0.05, 0) is 49.6 Å². The number of nitro benzene ring substituents is 1. The lowest BCUT2D eigenvalue weighted by Gasteiger charge is -2.40. The van der Waals surface area contributed by atoms with Crippen LogP contribution in [0.1, 0.15) is 32.6 Å². The van der Waals surface area contributed by atoms with E-state index in [-0.39, 0.29) is 40.5 Å². The molecule has 1 saturated heterocycles. The van der Waals surface area contributed by atoms with E-state index in [9.17, 15) is 50.3 Å². The van der Waals surface area contributed by atoms with E-state index in [4.69, 9.17) is 24.2 Å². The van der Waals surface area contributed by atoms with Crippen LogP contribution in [0.3, 0.4) is 0 Å². The molecule has 1 aliphatic rings. The van der Waals surface area contributed by atoms with Crippen molar-refractivity contribution in [3.63, 3.8) is 0 Å². The number of unbranched alkanes of at least 4 members (excludes halogenated alkanes) is 3. The highest BCUT2D eigenvalue weighted by molar-refractivity contribution is 5.88. The number of nitrogens with one attached hydrogen (secondary N) is 2. The fraction of sp³-hybridized carbons (Fsp3) is 0.353. The van der Waals surface area contributed by atoms with Crippen molar-refractivity contribution in [2.45, 2.75) is 63.3 Å². The van der Waals surface area contributed by atoms with E-state index >= 15 is 0 Å². The number of phenolic OH excluding ortho intramolecular Hbond substituents is 4. The topological polar surface area (TPSA) is 312 Å². The molecule has 54 heavy (non-hydrogen) atoms. The summed E-state index contributed by atoms with van der Waals surface area (Å²) in [6.45, 7) is 2.00. The number of phenols is 4. The number of ether oxygens (including phenoxy) is 3. The standard InChI is InChI=1S/C34H36N6O14/c1-16-27(45)31(54-34(48)37-11-5-3-2-4-10-36-20-8-7-18(38-39-35)13-21(20)40(49)50)29(47)33(51-16)53-32-28(46)26-24(44)14-19(41)15-25(26)52-30(32)17-6-9-22(42)23(43)12-17/h6-9,12-16,27,29,31,33,36,41-45,47H,2-5,10-11H2,1H3,(H,37,48)/t16-,27-,29+,31+,33-/m0/s1. The van der Waals surface area contributed by atoms with Crippen LogP contribution in [0.25, 0.3) is 32.7 Å². The van der Waals surface area contributed by atoms with Gasteiger partial charge in [-0.15, -0.1) is 0 Å². The van der Waals surface area contributed by atoms with E-state index in [1.54, 1.807) is 0 Å². The number of fused-ring (bicyclic) bond motifs is 1. The number of aliphatic hydroxyl groups excluding tert-OH is 2. The van der Waals surface area contributed by atoms with Crippen molar-refractivity contribution < 1.29 is 59.0 Å². The minimum absolute atomic E-state index is 0.00567. The molecule has 1 fully saturated rings. The summed E-state index contributed by atoms with van der Waals surface area (Å²) >= 11 is 0. The Morgan fingerprint density at radius 1 is 0.981 bits per heavy atom. The quantitative estimate of drug-likeness (QED) is 0.0164. The van der Waals surface area contributed by atoms with Crippen molar-refractivity contribution in [3.05, 3.63) is 79.3 Å². The zero-order valence-electron chi connectivity index (χ0n) is 28.5. The van der Waals surface area contributed by atoms with Gasteiger partial charge in [0.15, 0.2) is 29.5 Å². The number of carbonyl (C=O) groups is 1. The molecule has 0 spiro atoms. The number of hydrogen-bond acceptors (Lipinski definition) is 16. The molecule has 0 bridgehead atoms. The number of nitrogens with zero attached hydrogens (tertiary/aromatic N) is 4. The Morgan fingerprint density at radius 3 is 2.43 bits per heavy atom. The van der Waals surface area contributed by atoms with E-state index in [1.807, 2.05) is 0 Å². The van der Waals surface area contributed by atoms with Crippen LogP contribution in [0, 0.1) is 10.1 Å². The summed E-state index contributed by atoms with van der Waals surface area (Å²) in [5.41, 5.74) is 7.48. The summed E-state index contributed by atoms with van der Waals surface area (Å²) < 4.78 is 22.6. The second kappa shape index (κ2) is 16.9. The number of azide groups is 1. The van der Waals surface area contributed by atoms with E-state index < -0.39 is 81.3 Å². The molecular formula is C34H36N6O14. The smallest absolute Gasteiger partial charge is 0.407 e. The SMILES string of the molecule is C[C@@H]1O[C@@H](Oc2c(-c3ccc(O)c(O)c3)oc3cc(O)cc(O)c3c2=O)[C@H](O)[C@H](OC(=O)NCCCCCCNc2ccc(N=[N+]=[N-])cc2[N+](=O)[O-])[C@H]1O. The van der Waals surface area contributed by atoms with Gasteiger partial charge in [0.2, 0.25) is 17.5 Å². The molecule has 1 aromatic heterocycles. The molecule has 0 saturated carbocycles. The predicted molar refractivity (Wildman–Crippen MR) is 189 cm³/mol. The lowest BCUT2D eigenvalue weighted by molar-refractivity contribution is -0.383. The first-order chi connectivity index (χ1) is 25.8. The maximum atomic E-state index is 13.7. The van der Waals surface area contributed by atoms with Crippen LogP contribution in [0.2, 0.25) is 0 Å². The zero-order chi connectivity index (χ0) is 39.1. The summed E-state index contributed by atoms with van der Waals surface area (Å²) in [6, 6.07) is 9.47. The van der Waals surface area contributed by atoms with Crippen molar-refractivity contribution in [2.75, 3.05) is 18.4 Å². The molecule has 0 aliphatic carbocycles. The fourth-order valence-electron chi connectivity index (χ4n) is 5.70. The van der Waals surface area contributed by atoms with Crippen LogP contribution in [0.15, 0.2) is 62.9 Å². The first-order valence-corrected chi connectivity index (χ1v) is 16.5. The molecule has 0 radical (unpaired) electrons. The fourth-order valence-corrected chi connectivity index (χ4v) is 5.70. The van der Waals surface area contributed by atoms with Gasteiger partial charge in [0.25, 0.3) is 5.69 Å². The highest BCUT2D eigenvalue weighted by atomic mass is 16.7. The summed E-state index contributed by atoms with van der Waals surface area (Å²) in [7, 11) is 0. The van der Waals surface area contributed by atoms with E-state index in [0.29, 0.717) is 32.2 Å². The van der Waals surface area contributed by atoms with Crippen molar-refractivity contribution in [3.8, 4) is 40.1 Å². The lowest BCUT2D eigenvalue weighted by Crippen LogP contribution is -2.60. The number of nitro groups is 1. The van der Waals surface area contributed by atoms with Crippen LogP contribution >= 0.6 is 0 Å². The number of rotatable bonds is 14. The molecule has 286 valence electrons. The number of carbonyl (C=O) groups excluding carboxylic acids is 1. The molecule has 20 heteroatoms. The molecule has 5 atom stereocenters. The first kappa shape index (κ1) is 38.8. The van der Waals surface area contributed by atoms with Crippen LogP contribution in [0.4, 0.5) is 21.9 Å². The minimum atomic E-state index is -1.87. The summed E-state index contributed by atoms with van der Waals surface area (Å²) in [5.74, 6) is -3.13. The third-order valence-electron chi connectivity index (χ3n) is 8.44. The van der Waals surface area contributed by atoms with Crippen LogP contribution in [-0.4, -0.2) is 85.5 Å². The van der Waals surface area contributed by atoms with Gasteiger partial charge in [0.05, 0.1) is 11.0 Å². The van der Waals surface area contributed by atoms with Crippen molar-refractivity contribution >= 4 is 34.1 Å². The molecule has 1 amide bonds. The Hall–Kier alpha value is -6.47. The second-order valence-electron chi connectivity index (χ2n) is 12.2. The van der Waals surface area contributed by atoms with Crippen LogP contribution in [0.5, 0.6) is 28.7 Å². The summed E-state index contributed by atoms with van der Waals surface area (Å²) in [5, 5.41) is 82.1. The number of aromatic hydroxyl groups is 4. The van der Waals surface area contributed by atoms with Gasteiger partial charge < -0.3 is 59.9 Å². The number of aliphatic hydroxyl groups is 2. The van der Waals surface area contributed by atoms with Gasteiger partial charge in [0, 0.05) is 47.5 Å². The number of hydrogen-bond donors (Lipinski definition) is 8. The average molecular weight is 753 g/mol. The van der Waals surface area contributed by atoms with Crippen molar-refractivity contribution in [1.82, 2.24) is 5.32 Å². The highest BCUT2D eigenvalue weighted by Crippen LogP contribution is 2.39. The molecule has 8 N–H and O–H groups in total. The molecule has 0 unspecified atom stereocenters. The maximum Gasteiger partial charge on any atom is 0.407 e. The molecule has 4 aromatic rings. The zero-order valence-corrected chi connectivity index (χ0v) is 28.5. The Kier molecular flexibility index (Phi) is 12.1. The van der Waals surface area contributed by atoms with Crippen LogP contribution < -0.4 is 20.8 Å². The predicted octanol–water partition coefficient (Wildman–Crippen LogP) is 4.75. The molecule has 20 nitrogen and oxygen atoms in total. The number of alkyl carbamates (subject to hydrolysis) is 1. The van der Waals surface area contributed by atoms with Crippen molar-refractivity contribution in [1.29, 1.82) is 0 Å².